The average molecular weight is 698 g/mol. The van der Waals surface area contributed by atoms with E-state index in [4.69, 9.17) is 4.74 Å². The van der Waals surface area contributed by atoms with Gasteiger partial charge in [0.05, 0.1) is 18.7 Å². The summed E-state index contributed by atoms with van der Waals surface area (Å²) in [5.74, 6) is -3.05. The molecule has 4 N–H and O–H groups in total. The van der Waals surface area contributed by atoms with Crippen molar-refractivity contribution in [2.45, 2.75) is 121 Å². The maximum Gasteiger partial charge on any atom is 0.316 e. The summed E-state index contributed by atoms with van der Waals surface area (Å²) in [5, 5.41) is 11.2. The van der Waals surface area contributed by atoms with Crippen LogP contribution < -0.4 is 21.3 Å². The molecule has 2 heterocycles. The Morgan fingerprint density at radius 3 is 2.26 bits per heavy atom. The van der Waals surface area contributed by atoms with Crippen LogP contribution in [-0.2, 0) is 28.7 Å². The summed E-state index contributed by atoms with van der Waals surface area (Å²) >= 11 is 0. The summed E-state index contributed by atoms with van der Waals surface area (Å²) in [6.45, 7) is 12.1. The lowest BCUT2D eigenvalue weighted by Gasteiger charge is -2.34. The Hall–Kier alpha value is -3.54. The molecule has 2 aliphatic carbocycles. The number of hydrogen-bond donors (Lipinski definition) is 4. The van der Waals surface area contributed by atoms with E-state index in [-0.39, 0.29) is 61.5 Å². The van der Waals surface area contributed by atoms with Gasteiger partial charge in [-0.3, -0.25) is 24.0 Å². The maximum atomic E-state index is 14.5. The first-order valence-corrected chi connectivity index (χ1v) is 18.9. The number of rotatable bonds is 11. The highest BCUT2D eigenvalue weighted by Crippen LogP contribution is 2.38. The van der Waals surface area contributed by atoms with E-state index in [0.717, 1.165) is 70.6 Å². The van der Waals surface area contributed by atoms with Crippen molar-refractivity contribution < 1.29 is 33.5 Å². The van der Waals surface area contributed by atoms with Gasteiger partial charge < -0.3 is 30.9 Å². The Morgan fingerprint density at radius 2 is 1.60 bits per heavy atom. The number of Topliss-reactive ketones (excluding diaryl/α,β-unsaturated/α-hetero) is 2. The molecule has 5 amide bonds. The molecule has 2 saturated heterocycles. The first-order valence-electron chi connectivity index (χ1n) is 18.9. The molecule has 4 rings (SSSR count). The molecule has 0 aromatic rings. The van der Waals surface area contributed by atoms with Gasteiger partial charge >= 0.3 is 6.03 Å². The van der Waals surface area contributed by atoms with E-state index in [2.05, 4.69) is 34.4 Å². The van der Waals surface area contributed by atoms with Gasteiger partial charge in [-0.25, -0.2) is 4.79 Å². The highest BCUT2D eigenvalue weighted by atomic mass is 16.5. The molecule has 2 saturated carbocycles. The maximum absolute atomic E-state index is 14.5. The Balaban J connectivity index is 1.60. The van der Waals surface area contributed by atoms with Gasteiger partial charge in [-0.05, 0) is 62.2 Å². The van der Waals surface area contributed by atoms with Crippen LogP contribution in [0, 0.1) is 29.6 Å². The predicted octanol–water partition coefficient (Wildman–Crippen LogP) is 3.59. The zero-order chi connectivity index (χ0) is 36.2. The minimum Gasteiger partial charge on any atom is -0.379 e. The molecular weight excluding hydrogens is 638 g/mol. The minimum absolute atomic E-state index is 0.0220. The number of ether oxygens (including phenoxy) is 1. The predicted molar refractivity (Wildman–Crippen MR) is 190 cm³/mol. The molecule has 0 aromatic heterocycles. The van der Waals surface area contributed by atoms with Crippen molar-refractivity contribution in [3.8, 4) is 0 Å². The van der Waals surface area contributed by atoms with E-state index in [1.165, 1.54) is 11.0 Å². The number of amides is 5. The van der Waals surface area contributed by atoms with Gasteiger partial charge in [-0.2, -0.15) is 0 Å². The Kier molecular flexibility index (Phi) is 15.1. The van der Waals surface area contributed by atoms with Crippen LogP contribution in [0.4, 0.5) is 4.79 Å². The van der Waals surface area contributed by atoms with Crippen LogP contribution in [0.2, 0.25) is 0 Å². The van der Waals surface area contributed by atoms with Gasteiger partial charge in [0.2, 0.25) is 17.6 Å². The van der Waals surface area contributed by atoms with E-state index in [1.807, 2.05) is 13.8 Å². The summed E-state index contributed by atoms with van der Waals surface area (Å²) < 4.78 is 5.97. The van der Waals surface area contributed by atoms with Crippen molar-refractivity contribution in [3.05, 3.63) is 25.3 Å². The van der Waals surface area contributed by atoms with Crippen molar-refractivity contribution in [2.24, 2.45) is 29.6 Å². The van der Waals surface area contributed by atoms with Crippen LogP contribution in [0.5, 0.6) is 0 Å². The molecular formula is C38H59N5O7. The average Bonchev–Trinajstić information content (AvgIpc) is 3.89. The van der Waals surface area contributed by atoms with E-state index >= 15 is 0 Å². The van der Waals surface area contributed by atoms with Gasteiger partial charge in [-0.15, -0.1) is 13.2 Å². The number of fused-ring (bicyclic) bond motifs is 1. The van der Waals surface area contributed by atoms with Crippen LogP contribution in [0.25, 0.3) is 0 Å². The minimum atomic E-state index is -1.13. The molecule has 0 radical (unpaired) electrons. The number of ketones is 2. The number of carbonyl (C=O) groups is 6. The molecule has 12 heteroatoms. The van der Waals surface area contributed by atoms with E-state index in [1.54, 1.807) is 6.08 Å². The normalized spacial score (nSPS) is 28.1. The molecule has 0 bridgehead atoms. The highest BCUT2D eigenvalue weighted by molar-refractivity contribution is 6.38. The zero-order valence-electron chi connectivity index (χ0n) is 30.1. The molecule has 278 valence electrons. The van der Waals surface area contributed by atoms with Crippen LogP contribution in [0.1, 0.15) is 97.3 Å². The van der Waals surface area contributed by atoms with Crippen LogP contribution in [-0.4, -0.2) is 90.7 Å². The molecule has 2 aliphatic heterocycles. The second kappa shape index (κ2) is 19.2. The third-order valence-corrected chi connectivity index (χ3v) is 10.9. The van der Waals surface area contributed by atoms with Gasteiger partial charge in [0.15, 0.2) is 5.78 Å². The smallest absolute Gasteiger partial charge is 0.316 e. The fourth-order valence-corrected chi connectivity index (χ4v) is 7.99. The third kappa shape index (κ3) is 10.5. The first-order chi connectivity index (χ1) is 24.1. The third-order valence-electron chi connectivity index (χ3n) is 10.9. The SMILES string of the molecule is C=CCNC(=O)C(=O)[C@@H]1CCCCCCCOC[C@H](NC(=O)NC(C(=O)C2CC2)C2CCCCC2)C(=O)N2CC(C=C)[C@H](C(C)C)[C@H]2C(=O)N1. The number of nitrogens with zero attached hydrogens (tertiary/aromatic N) is 1. The number of carbonyl (C=O) groups excluding carboxylic acids is 6. The van der Waals surface area contributed by atoms with Crippen LogP contribution in [0.3, 0.4) is 0 Å². The molecule has 12 nitrogen and oxygen atoms in total. The summed E-state index contributed by atoms with van der Waals surface area (Å²) in [4.78, 5) is 83.2. The van der Waals surface area contributed by atoms with Crippen molar-refractivity contribution >= 4 is 35.3 Å². The molecule has 6 atom stereocenters. The largest absolute Gasteiger partial charge is 0.379 e. The van der Waals surface area contributed by atoms with Crippen molar-refractivity contribution in [1.29, 1.82) is 0 Å². The van der Waals surface area contributed by atoms with E-state index in [0.29, 0.717) is 13.0 Å². The summed E-state index contributed by atoms with van der Waals surface area (Å²) in [7, 11) is 0. The molecule has 0 spiro atoms. The van der Waals surface area contributed by atoms with Gasteiger partial charge in [0.1, 0.15) is 12.1 Å². The van der Waals surface area contributed by atoms with Gasteiger partial charge in [-0.1, -0.05) is 70.9 Å². The Morgan fingerprint density at radius 1 is 0.940 bits per heavy atom. The summed E-state index contributed by atoms with van der Waals surface area (Å²) in [5.41, 5.74) is 0. The standard InChI is InChI=1S/C38H59N5O7/c1-5-20-39-36(47)34(45)28-17-13-8-7-9-14-21-50-23-29(37(48)43-22-25(6-2)30(24(3)4)32(43)35(46)40-28)41-38(49)42-31(33(44)27-18-19-27)26-15-11-10-12-16-26/h5-6,24-32H,1-2,7-23H2,3-4H3,(H,39,47)(H,40,46)(H2,41,42,49)/t25?,28-,29-,30-,31?,32-/m0/s1. The molecule has 4 aliphatic rings. The Bertz CT molecular complexity index is 1240. The fraction of sp³-hybridized carbons (Fsp3) is 0.737. The van der Waals surface area contributed by atoms with Gasteiger partial charge in [0, 0.05) is 25.6 Å². The second-order valence-electron chi connectivity index (χ2n) is 14.9. The number of urea groups is 1. The fourth-order valence-electron chi connectivity index (χ4n) is 7.99. The Labute approximate surface area is 297 Å². The lowest BCUT2D eigenvalue weighted by atomic mass is 9.81. The zero-order valence-corrected chi connectivity index (χ0v) is 30.1. The topological polar surface area (TPSA) is 163 Å². The molecule has 2 unspecified atom stereocenters. The van der Waals surface area contributed by atoms with Crippen molar-refractivity contribution in [3.63, 3.8) is 0 Å². The summed E-state index contributed by atoms with van der Waals surface area (Å²) in [6.07, 6.45) is 14.0. The van der Waals surface area contributed by atoms with E-state index in [9.17, 15) is 28.8 Å². The summed E-state index contributed by atoms with van der Waals surface area (Å²) in [6, 6.07) is -4.38. The van der Waals surface area contributed by atoms with Crippen LogP contribution in [0.15, 0.2) is 25.3 Å². The number of hydrogen-bond acceptors (Lipinski definition) is 7. The monoisotopic (exact) mass is 697 g/mol. The van der Waals surface area contributed by atoms with Gasteiger partial charge in [0.25, 0.3) is 5.91 Å². The molecule has 50 heavy (non-hydrogen) atoms. The molecule has 0 aromatic carbocycles. The highest BCUT2D eigenvalue weighted by Gasteiger charge is 2.50. The first kappa shape index (κ1) is 39.2. The van der Waals surface area contributed by atoms with Crippen molar-refractivity contribution in [1.82, 2.24) is 26.2 Å². The second-order valence-corrected chi connectivity index (χ2v) is 14.9. The molecule has 4 fully saturated rings. The van der Waals surface area contributed by atoms with E-state index < -0.39 is 53.7 Å². The lowest BCUT2D eigenvalue weighted by molar-refractivity contribution is -0.144. The quantitative estimate of drug-likeness (QED) is 0.189. The number of nitrogens with one attached hydrogen (secondary N) is 4. The van der Waals surface area contributed by atoms with Crippen molar-refractivity contribution in [2.75, 3.05) is 26.3 Å². The lowest BCUT2D eigenvalue weighted by Crippen LogP contribution is -2.60. The van der Waals surface area contributed by atoms with Crippen LogP contribution >= 0.6 is 0 Å².